The van der Waals surface area contributed by atoms with Gasteiger partial charge >= 0.3 is 12.1 Å². The first-order valence-electron chi connectivity index (χ1n) is 9.20. The van der Waals surface area contributed by atoms with E-state index in [4.69, 9.17) is 24.4 Å². The molecule has 0 radical (unpaired) electrons. The van der Waals surface area contributed by atoms with E-state index in [1.54, 1.807) is 0 Å². The quantitative estimate of drug-likeness (QED) is 0.496. The lowest BCUT2D eigenvalue weighted by Crippen LogP contribution is -2.30. The SMILES string of the molecule is C[C@@H](N)C(=O)Oc1ccc2c(=O)c(-c3ccc4c(c3)OCCO4)c(C(F)(F)F)oc2c1. The molecule has 0 saturated heterocycles. The monoisotopic (exact) mass is 435 g/mol. The second-order valence-electron chi connectivity index (χ2n) is 6.86. The second kappa shape index (κ2) is 7.62. The van der Waals surface area contributed by atoms with E-state index in [-0.39, 0.29) is 34.6 Å². The average Bonchev–Trinajstić information content (AvgIpc) is 2.72. The molecule has 0 spiro atoms. The number of hydrogen-bond acceptors (Lipinski definition) is 7. The number of esters is 1. The molecule has 0 bridgehead atoms. The summed E-state index contributed by atoms with van der Waals surface area (Å²) in [5, 5.41) is -0.113. The number of benzene rings is 2. The maximum Gasteiger partial charge on any atom is 0.450 e. The molecule has 1 atom stereocenters. The number of fused-ring (bicyclic) bond motifs is 2. The Morgan fingerprint density at radius 1 is 1.10 bits per heavy atom. The zero-order valence-electron chi connectivity index (χ0n) is 16.1. The first-order valence-corrected chi connectivity index (χ1v) is 9.20. The highest BCUT2D eigenvalue weighted by atomic mass is 19.4. The van der Waals surface area contributed by atoms with Gasteiger partial charge in [-0.25, -0.2) is 4.79 Å². The largest absolute Gasteiger partial charge is 0.486 e. The zero-order chi connectivity index (χ0) is 22.3. The van der Waals surface area contributed by atoms with Crippen LogP contribution in [0.4, 0.5) is 13.2 Å². The number of carbonyl (C=O) groups excluding carboxylic acids is 1. The van der Waals surface area contributed by atoms with Crippen LogP contribution in [0.15, 0.2) is 45.6 Å². The second-order valence-corrected chi connectivity index (χ2v) is 6.86. The molecule has 0 amide bonds. The van der Waals surface area contributed by atoms with Crippen LogP contribution < -0.4 is 25.4 Å². The lowest BCUT2D eigenvalue weighted by Gasteiger charge is -2.19. The highest BCUT2D eigenvalue weighted by molar-refractivity contribution is 5.85. The molecule has 0 aliphatic carbocycles. The van der Waals surface area contributed by atoms with E-state index in [9.17, 15) is 22.8 Å². The van der Waals surface area contributed by atoms with Gasteiger partial charge in [0, 0.05) is 6.07 Å². The molecular weight excluding hydrogens is 419 g/mol. The molecule has 0 saturated carbocycles. The van der Waals surface area contributed by atoms with E-state index in [1.807, 2.05) is 0 Å². The number of hydrogen-bond donors (Lipinski definition) is 1. The molecule has 1 aliphatic rings. The van der Waals surface area contributed by atoms with E-state index in [2.05, 4.69) is 0 Å². The van der Waals surface area contributed by atoms with Crippen molar-refractivity contribution in [1.82, 2.24) is 0 Å². The van der Waals surface area contributed by atoms with Gasteiger partial charge in [0.15, 0.2) is 11.5 Å². The number of carbonyl (C=O) groups is 1. The molecule has 1 aromatic heterocycles. The van der Waals surface area contributed by atoms with Gasteiger partial charge in [-0.1, -0.05) is 6.07 Å². The molecule has 1 aliphatic heterocycles. The highest BCUT2D eigenvalue weighted by Gasteiger charge is 2.39. The van der Waals surface area contributed by atoms with Gasteiger partial charge in [-0.05, 0) is 36.8 Å². The van der Waals surface area contributed by atoms with E-state index in [1.165, 1.54) is 37.3 Å². The Morgan fingerprint density at radius 3 is 2.48 bits per heavy atom. The lowest BCUT2D eigenvalue weighted by molar-refractivity contribution is -0.152. The van der Waals surface area contributed by atoms with Crippen LogP contribution in [0.1, 0.15) is 12.7 Å². The summed E-state index contributed by atoms with van der Waals surface area (Å²) in [5.41, 5.74) is 3.46. The van der Waals surface area contributed by atoms with Crippen LogP contribution in [0.5, 0.6) is 17.2 Å². The smallest absolute Gasteiger partial charge is 0.450 e. The predicted molar refractivity (Wildman–Crippen MR) is 103 cm³/mol. The van der Waals surface area contributed by atoms with Crippen LogP contribution in [0, 0.1) is 0 Å². The third-order valence-electron chi connectivity index (χ3n) is 4.54. The molecule has 0 unspecified atom stereocenters. The summed E-state index contributed by atoms with van der Waals surface area (Å²) in [7, 11) is 0. The summed E-state index contributed by atoms with van der Waals surface area (Å²) in [4.78, 5) is 24.7. The summed E-state index contributed by atoms with van der Waals surface area (Å²) < 4.78 is 62.3. The minimum atomic E-state index is -4.96. The fourth-order valence-corrected chi connectivity index (χ4v) is 3.11. The number of ether oxygens (including phenoxy) is 3. The van der Waals surface area contributed by atoms with Crippen LogP contribution >= 0.6 is 0 Å². The van der Waals surface area contributed by atoms with Crippen molar-refractivity contribution in [1.29, 1.82) is 0 Å². The molecule has 31 heavy (non-hydrogen) atoms. The van der Waals surface area contributed by atoms with Crippen molar-refractivity contribution >= 4 is 16.9 Å². The van der Waals surface area contributed by atoms with E-state index in [0.29, 0.717) is 12.4 Å². The average molecular weight is 435 g/mol. The van der Waals surface area contributed by atoms with Gasteiger partial charge in [0.1, 0.15) is 30.6 Å². The van der Waals surface area contributed by atoms with Crippen molar-refractivity contribution in [3.63, 3.8) is 0 Å². The summed E-state index contributed by atoms with van der Waals surface area (Å²) in [6, 6.07) is 6.68. The van der Waals surface area contributed by atoms with Gasteiger partial charge in [0.05, 0.1) is 10.9 Å². The van der Waals surface area contributed by atoms with Gasteiger partial charge in [-0.2, -0.15) is 13.2 Å². The van der Waals surface area contributed by atoms with Crippen molar-refractivity contribution in [2.24, 2.45) is 5.73 Å². The Labute approximate surface area is 173 Å². The molecular formula is C21H16F3NO6. The lowest BCUT2D eigenvalue weighted by atomic mass is 10.0. The first kappa shape index (κ1) is 20.7. The molecule has 2 N–H and O–H groups in total. The fourth-order valence-electron chi connectivity index (χ4n) is 3.11. The van der Waals surface area contributed by atoms with Crippen molar-refractivity contribution in [2.75, 3.05) is 13.2 Å². The van der Waals surface area contributed by atoms with Crippen LogP contribution in [-0.2, 0) is 11.0 Å². The summed E-state index contributed by atoms with van der Waals surface area (Å²) in [6.45, 7) is 1.94. The molecule has 4 rings (SSSR count). The fraction of sp³-hybridized carbons (Fsp3) is 0.238. The van der Waals surface area contributed by atoms with Crippen LogP contribution in [-0.4, -0.2) is 25.2 Å². The van der Waals surface area contributed by atoms with Gasteiger partial charge in [-0.3, -0.25) is 4.79 Å². The van der Waals surface area contributed by atoms with Crippen LogP contribution in [0.2, 0.25) is 0 Å². The van der Waals surface area contributed by atoms with E-state index in [0.717, 1.165) is 6.07 Å². The normalized spacial score (nSPS) is 14.4. The number of halogens is 3. The third kappa shape index (κ3) is 3.93. The Morgan fingerprint density at radius 2 is 1.81 bits per heavy atom. The van der Waals surface area contributed by atoms with Crippen LogP contribution in [0.25, 0.3) is 22.1 Å². The Hall–Kier alpha value is -3.53. The molecule has 2 heterocycles. The third-order valence-corrected chi connectivity index (χ3v) is 4.54. The van der Waals surface area contributed by atoms with Crippen LogP contribution in [0.3, 0.4) is 0 Å². The Bertz CT molecular complexity index is 1230. The topological polar surface area (TPSA) is 101 Å². The number of nitrogens with two attached hydrogens (primary N) is 1. The minimum Gasteiger partial charge on any atom is -0.486 e. The van der Waals surface area contributed by atoms with Gasteiger partial charge < -0.3 is 24.4 Å². The highest BCUT2D eigenvalue weighted by Crippen LogP contribution is 2.40. The Balaban J connectivity index is 1.90. The molecule has 7 nitrogen and oxygen atoms in total. The van der Waals surface area contributed by atoms with E-state index < -0.39 is 34.9 Å². The predicted octanol–water partition coefficient (Wildman–Crippen LogP) is 3.50. The van der Waals surface area contributed by atoms with E-state index >= 15 is 0 Å². The Kier molecular flexibility index (Phi) is 5.10. The van der Waals surface area contributed by atoms with Crippen molar-refractivity contribution in [2.45, 2.75) is 19.1 Å². The van der Waals surface area contributed by atoms with Gasteiger partial charge in [0.25, 0.3) is 0 Å². The molecule has 10 heteroatoms. The maximum absolute atomic E-state index is 13.8. The van der Waals surface area contributed by atoms with Crippen molar-refractivity contribution in [3.05, 3.63) is 52.4 Å². The van der Waals surface area contributed by atoms with Gasteiger partial charge in [-0.15, -0.1) is 0 Å². The molecule has 3 aromatic rings. The number of alkyl halides is 3. The minimum absolute atomic E-state index is 0.0281. The molecule has 0 fully saturated rings. The van der Waals surface area contributed by atoms with Gasteiger partial charge in [0.2, 0.25) is 11.2 Å². The summed E-state index contributed by atoms with van der Waals surface area (Å²) >= 11 is 0. The first-order chi connectivity index (χ1) is 14.6. The van der Waals surface area contributed by atoms with Crippen molar-refractivity contribution in [3.8, 4) is 28.4 Å². The maximum atomic E-state index is 13.8. The molecule has 162 valence electrons. The summed E-state index contributed by atoms with van der Waals surface area (Å²) in [6.07, 6.45) is -4.96. The molecule has 2 aromatic carbocycles. The summed E-state index contributed by atoms with van der Waals surface area (Å²) in [5.74, 6) is -1.76. The van der Waals surface area contributed by atoms with Crippen molar-refractivity contribution < 1.29 is 36.6 Å². The zero-order valence-corrected chi connectivity index (χ0v) is 16.1. The standard InChI is InChI=1S/C21H16F3NO6/c1-10(25)20(27)30-12-3-4-13-15(9-12)31-19(21(22,23)24)17(18(13)26)11-2-5-14-16(8-11)29-7-6-28-14/h2-5,8-10H,6-7,25H2,1H3/t10-/m1/s1. The number of rotatable bonds is 3.